The average Bonchev–Trinajstić information content (AvgIpc) is 2.70. The molecule has 0 unspecified atom stereocenters. The van der Waals surface area contributed by atoms with Crippen LogP contribution in [0.25, 0.3) is 0 Å². The van der Waals surface area contributed by atoms with Crippen molar-refractivity contribution in [3.8, 4) is 0 Å². The van der Waals surface area contributed by atoms with Gasteiger partial charge in [-0.3, -0.25) is 4.79 Å². The van der Waals surface area contributed by atoms with Crippen LogP contribution in [0.15, 0.2) is 12.7 Å². The van der Waals surface area contributed by atoms with Crippen molar-refractivity contribution in [2.75, 3.05) is 39.8 Å². The molecule has 0 bridgehead atoms. The molecule has 0 aromatic carbocycles. The molecule has 0 radical (unpaired) electrons. The number of carbonyl (C=O) groups excluding carboxylic acids is 1. The van der Waals surface area contributed by atoms with Crippen LogP contribution in [0.3, 0.4) is 0 Å². The largest absolute Gasteiger partial charge is 0.331 e. The maximum atomic E-state index is 12.4. The molecule has 0 aromatic rings. The number of quaternary nitrogens is 1. The van der Waals surface area contributed by atoms with E-state index in [4.69, 9.17) is 0 Å². The average molecular weight is 394 g/mol. The molecule has 28 heavy (non-hydrogen) atoms. The number of hydrogen-bond acceptors (Lipinski definition) is 1. The first-order valence-electron chi connectivity index (χ1n) is 12.3. The summed E-state index contributed by atoms with van der Waals surface area (Å²) in [6.07, 6.45) is 21.5. The summed E-state index contributed by atoms with van der Waals surface area (Å²) in [6.45, 7) is 11.3. The summed E-state index contributed by atoms with van der Waals surface area (Å²) >= 11 is 0. The van der Waals surface area contributed by atoms with E-state index < -0.39 is 0 Å². The topological polar surface area (TPSA) is 20.3 Å². The van der Waals surface area contributed by atoms with Crippen LogP contribution in [0.5, 0.6) is 0 Å². The fourth-order valence-electron chi connectivity index (χ4n) is 4.28. The number of unbranched alkanes of at least 4 members (excludes halogenated alkanes) is 12. The highest BCUT2D eigenvalue weighted by Crippen LogP contribution is 2.15. The van der Waals surface area contributed by atoms with Crippen molar-refractivity contribution in [1.82, 2.24) is 4.90 Å². The molecule has 0 saturated carbocycles. The maximum Gasteiger partial charge on any atom is 0.222 e. The van der Waals surface area contributed by atoms with E-state index in [1.165, 1.54) is 77.0 Å². The zero-order valence-corrected chi connectivity index (χ0v) is 19.2. The number of rotatable bonds is 17. The number of likely N-dealkylation sites (N-methyl/N-ethyl adjacent to an activating group) is 1. The Morgan fingerprint density at radius 1 is 0.857 bits per heavy atom. The lowest BCUT2D eigenvalue weighted by Crippen LogP contribution is -2.58. The predicted molar refractivity (Wildman–Crippen MR) is 122 cm³/mol. The van der Waals surface area contributed by atoms with Gasteiger partial charge in [0.2, 0.25) is 5.91 Å². The lowest BCUT2D eigenvalue weighted by molar-refractivity contribution is -0.912. The molecule has 1 aliphatic rings. The molecular formula is C25H49N2O+. The molecule has 1 saturated heterocycles. The van der Waals surface area contributed by atoms with Crippen LogP contribution in [0.4, 0.5) is 0 Å². The molecule has 1 heterocycles. The van der Waals surface area contributed by atoms with Crippen LogP contribution in [0, 0.1) is 0 Å². The molecule has 0 atom stereocenters. The van der Waals surface area contributed by atoms with Gasteiger partial charge in [-0.1, -0.05) is 90.0 Å². The van der Waals surface area contributed by atoms with E-state index in [1.54, 1.807) is 0 Å². The molecule has 3 nitrogen and oxygen atoms in total. The molecular weight excluding hydrogens is 344 g/mol. The Labute approximate surface area is 176 Å². The van der Waals surface area contributed by atoms with Crippen molar-refractivity contribution in [3.63, 3.8) is 0 Å². The summed E-state index contributed by atoms with van der Waals surface area (Å²) in [4.78, 5) is 14.5. The molecule has 0 aliphatic carbocycles. The third-order valence-electron chi connectivity index (χ3n) is 6.54. The number of amides is 1. The van der Waals surface area contributed by atoms with E-state index in [0.717, 1.165) is 56.5 Å². The van der Waals surface area contributed by atoms with Crippen molar-refractivity contribution < 1.29 is 9.28 Å². The van der Waals surface area contributed by atoms with Crippen molar-refractivity contribution in [3.05, 3.63) is 12.7 Å². The highest BCUT2D eigenvalue weighted by Gasteiger charge is 2.29. The lowest BCUT2D eigenvalue weighted by Gasteiger charge is -2.42. The summed E-state index contributed by atoms with van der Waals surface area (Å²) in [5, 5.41) is 0. The molecule has 0 aromatic heterocycles. The molecule has 0 spiro atoms. The van der Waals surface area contributed by atoms with Crippen LogP contribution in [-0.4, -0.2) is 55.1 Å². The second-order valence-electron chi connectivity index (χ2n) is 9.24. The Morgan fingerprint density at radius 2 is 1.32 bits per heavy atom. The van der Waals surface area contributed by atoms with Crippen molar-refractivity contribution in [2.45, 2.75) is 103 Å². The maximum absolute atomic E-state index is 12.4. The van der Waals surface area contributed by atoms with Gasteiger partial charge in [0, 0.05) is 12.8 Å². The van der Waals surface area contributed by atoms with Gasteiger partial charge < -0.3 is 9.38 Å². The lowest BCUT2D eigenvalue weighted by atomic mass is 10.0. The quantitative estimate of drug-likeness (QED) is 0.160. The minimum atomic E-state index is 0.387. The van der Waals surface area contributed by atoms with Crippen LogP contribution in [0.1, 0.15) is 103 Å². The number of carbonyl (C=O) groups is 1. The van der Waals surface area contributed by atoms with Gasteiger partial charge in [-0.05, 0) is 6.42 Å². The minimum absolute atomic E-state index is 0.387. The van der Waals surface area contributed by atoms with Crippen LogP contribution in [-0.2, 0) is 4.79 Å². The molecule has 164 valence electrons. The summed E-state index contributed by atoms with van der Waals surface area (Å²) in [5.41, 5.74) is 0. The first kappa shape index (κ1) is 25.2. The highest BCUT2D eigenvalue weighted by atomic mass is 16.2. The molecule has 3 heteroatoms. The van der Waals surface area contributed by atoms with E-state index in [-0.39, 0.29) is 0 Å². The van der Waals surface area contributed by atoms with E-state index in [2.05, 4.69) is 25.5 Å². The van der Waals surface area contributed by atoms with Gasteiger partial charge in [0.25, 0.3) is 0 Å². The van der Waals surface area contributed by atoms with Gasteiger partial charge in [-0.15, -0.1) is 6.58 Å². The standard InChI is InChI=1S/C25H49N2O/c1-4-6-8-9-10-11-12-13-14-15-16-17-18-19-25(28)26-20-23-27(3,24-21-26)22-7-5-2/h5H,2,4,6-24H2,1,3H3/q+1. The van der Waals surface area contributed by atoms with Gasteiger partial charge in [0.05, 0.1) is 39.8 Å². The number of nitrogens with zero attached hydrogens (tertiary/aromatic N) is 2. The first-order chi connectivity index (χ1) is 13.6. The smallest absolute Gasteiger partial charge is 0.222 e. The van der Waals surface area contributed by atoms with E-state index in [1.807, 2.05) is 6.08 Å². The third kappa shape index (κ3) is 11.9. The Balaban J connectivity index is 1.91. The van der Waals surface area contributed by atoms with Crippen LogP contribution in [0.2, 0.25) is 0 Å². The van der Waals surface area contributed by atoms with Crippen LogP contribution < -0.4 is 0 Å². The molecule has 1 fully saturated rings. The van der Waals surface area contributed by atoms with Crippen molar-refractivity contribution in [2.24, 2.45) is 0 Å². The van der Waals surface area contributed by atoms with E-state index in [0.29, 0.717) is 5.91 Å². The Bertz CT molecular complexity index is 399. The zero-order valence-electron chi connectivity index (χ0n) is 19.2. The third-order valence-corrected chi connectivity index (χ3v) is 6.54. The second kappa shape index (κ2) is 16.0. The Hall–Kier alpha value is -0.830. The van der Waals surface area contributed by atoms with E-state index in [9.17, 15) is 4.79 Å². The van der Waals surface area contributed by atoms with Gasteiger partial charge >= 0.3 is 0 Å². The zero-order chi connectivity index (χ0) is 20.5. The fourth-order valence-corrected chi connectivity index (χ4v) is 4.28. The SMILES string of the molecule is C=CCC[N+]1(C)CCN(C(=O)CCCCCCCCCCCCCCC)CC1. The minimum Gasteiger partial charge on any atom is -0.331 e. The molecule has 0 N–H and O–H groups in total. The monoisotopic (exact) mass is 393 g/mol. The fraction of sp³-hybridized carbons (Fsp3) is 0.880. The predicted octanol–water partition coefficient (Wildman–Crippen LogP) is 6.33. The highest BCUT2D eigenvalue weighted by molar-refractivity contribution is 5.76. The van der Waals surface area contributed by atoms with E-state index >= 15 is 0 Å². The molecule has 1 rings (SSSR count). The van der Waals surface area contributed by atoms with Gasteiger partial charge in [-0.25, -0.2) is 0 Å². The molecule has 1 amide bonds. The van der Waals surface area contributed by atoms with Gasteiger partial charge in [-0.2, -0.15) is 0 Å². The summed E-state index contributed by atoms with van der Waals surface area (Å²) in [7, 11) is 2.32. The Kier molecular flexibility index (Phi) is 14.4. The Morgan fingerprint density at radius 3 is 1.79 bits per heavy atom. The van der Waals surface area contributed by atoms with Crippen molar-refractivity contribution in [1.29, 1.82) is 0 Å². The summed E-state index contributed by atoms with van der Waals surface area (Å²) in [6, 6.07) is 0. The molecule has 1 aliphatic heterocycles. The summed E-state index contributed by atoms with van der Waals surface area (Å²) in [5.74, 6) is 0.387. The number of hydrogen-bond donors (Lipinski definition) is 0. The number of piperazine rings is 1. The van der Waals surface area contributed by atoms with Crippen molar-refractivity contribution >= 4 is 5.91 Å². The van der Waals surface area contributed by atoms with Gasteiger partial charge in [0.15, 0.2) is 0 Å². The van der Waals surface area contributed by atoms with Gasteiger partial charge in [0.1, 0.15) is 0 Å². The summed E-state index contributed by atoms with van der Waals surface area (Å²) < 4.78 is 1.09. The van der Waals surface area contributed by atoms with Crippen LogP contribution >= 0.6 is 0 Å². The first-order valence-corrected chi connectivity index (χ1v) is 12.3. The second-order valence-corrected chi connectivity index (χ2v) is 9.24. The normalized spacial score (nSPS) is 16.3.